The fraction of sp³-hybridized carbons (Fsp3) is 0.174. The van der Waals surface area contributed by atoms with Gasteiger partial charge in [-0.3, -0.25) is 0 Å². The van der Waals surface area contributed by atoms with Crippen LogP contribution in [0.2, 0.25) is 0 Å². The standard InChI is InChI=1S/C23H21NO3/c1-13-11-14(2)22-18(15(13)3)12-21(27-22)20-10-9-19(24-20)16-5-7-17(8-6-16)23(25)26-4/h5-12,24H,1-4H3. The van der Waals surface area contributed by atoms with Crippen molar-refractivity contribution >= 4 is 16.9 Å². The van der Waals surface area contributed by atoms with Crippen LogP contribution in [0.15, 0.2) is 52.9 Å². The third-order valence-corrected chi connectivity index (χ3v) is 5.09. The lowest BCUT2D eigenvalue weighted by atomic mass is 10.0. The highest BCUT2D eigenvalue weighted by Crippen LogP contribution is 2.34. The van der Waals surface area contributed by atoms with Gasteiger partial charge in [0.2, 0.25) is 0 Å². The summed E-state index contributed by atoms with van der Waals surface area (Å²) in [5.74, 6) is 0.483. The Hall–Kier alpha value is -3.27. The van der Waals surface area contributed by atoms with E-state index < -0.39 is 0 Å². The monoisotopic (exact) mass is 359 g/mol. The number of aryl methyl sites for hydroxylation is 3. The summed E-state index contributed by atoms with van der Waals surface area (Å²) in [5, 5.41) is 1.15. The number of H-pyrrole nitrogens is 1. The van der Waals surface area contributed by atoms with Crippen molar-refractivity contribution in [3.63, 3.8) is 0 Å². The largest absolute Gasteiger partial charge is 0.465 e. The zero-order valence-electron chi connectivity index (χ0n) is 15.8. The average molecular weight is 359 g/mol. The number of nitrogens with one attached hydrogen (secondary N) is 1. The Kier molecular flexibility index (Phi) is 4.11. The van der Waals surface area contributed by atoms with Crippen LogP contribution in [-0.2, 0) is 4.74 Å². The van der Waals surface area contributed by atoms with Gasteiger partial charge in [-0.15, -0.1) is 0 Å². The van der Waals surface area contributed by atoms with Gasteiger partial charge in [0, 0.05) is 11.1 Å². The molecule has 0 radical (unpaired) electrons. The van der Waals surface area contributed by atoms with Crippen LogP contribution < -0.4 is 0 Å². The van der Waals surface area contributed by atoms with Crippen LogP contribution in [0.4, 0.5) is 0 Å². The Balaban J connectivity index is 1.70. The van der Waals surface area contributed by atoms with E-state index in [1.165, 1.54) is 18.2 Å². The molecule has 2 heterocycles. The van der Waals surface area contributed by atoms with Crippen molar-refractivity contribution in [1.29, 1.82) is 0 Å². The van der Waals surface area contributed by atoms with Crippen LogP contribution >= 0.6 is 0 Å². The number of esters is 1. The maximum Gasteiger partial charge on any atom is 0.337 e. The molecule has 0 saturated carbocycles. The third-order valence-electron chi connectivity index (χ3n) is 5.09. The predicted octanol–water partition coefficient (Wildman–Crippen LogP) is 5.81. The number of benzene rings is 2. The Morgan fingerprint density at radius 2 is 1.63 bits per heavy atom. The molecular formula is C23H21NO3. The molecule has 4 aromatic rings. The van der Waals surface area contributed by atoms with E-state index >= 15 is 0 Å². The topological polar surface area (TPSA) is 55.2 Å². The van der Waals surface area contributed by atoms with Gasteiger partial charge in [-0.1, -0.05) is 18.2 Å². The Bertz CT molecular complexity index is 1150. The molecule has 27 heavy (non-hydrogen) atoms. The van der Waals surface area contributed by atoms with Crippen molar-refractivity contribution in [2.75, 3.05) is 7.11 Å². The molecule has 4 nitrogen and oxygen atoms in total. The summed E-state index contributed by atoms with van der Waals surface area (Å²) in [5.41, 5.74) is 8.01. The molecule has 0 aliphatic rings. The Morgan fingerprint density at radius 1 is 0.926 bits per heavy atom. The van der Waals surface area contributed by atoms with Gasteiger partial charge in [0.25, 0.3) is 0 Å². The highest BCUT2D eigenvalue weighted by molar-refractivity contribution is 5.90. The van der Waals surface area contributed by atoms with Crippen LogP contribution in [0.3, 0.4) is 0 Å². The average Bonchev–Trinajstić information content (AvgIpc) is 3.33. The summed E-state index contributed by atoms with van der Waals surface area (Å²) in [7, 11) is 1.38. The lowest BCUT2D eigenvalue weighted by Gasteiger charge is -2.02. The van der Waals surface area contributed by atoms with Crippen molar-refractivity contribution in [2.24, 2.45) is 0 Å². The van der Waals surface area contributed by atoms with Gasteiger partial charge >= 0.3 is 5.97 Å². The second-order valence-electron chi connectivity index (χ2n) is 6.84. The summed E-state index contributed by atoms with van der Waals surface area (Å²) in [4.78, 5) is 15.0. The van der Waals surface area contributed by atoms with Gasteiger partial charge in [0.15, 0.2) is 5.76 Å². The van der Waals surface area contributed by atoms with Gasteiger partial charge < -0.3 is 14.1 Å². The number of rotatable bonds is 3. The molecule has 2 aromatic heterocycles. The number of carbonyl (C=O) groups is 1. The fourth-order valence-corrected chi connectivity index (χ4v) is 3.42. The molecule has 4 rings (SSSR count). The Morgan fingerprint density at radius 3 is 2.33 bits per heavy atom. The van der Waals surface area contributed by atoms with E-state index in [9.17, 15) is 4.79 Å². The van der Waals surface area contributed by atoms with Crippen molar-refractivity contribution in [3.8, 4) is 22.7 Å². The van der Waals surface area contributed by atoms with Gasteiger partial charge in [0.1, 0.15) is 5.58 Å². The molecule has 2 aromatic carbocycles. The molecular weight excluding hydrogens is 338 g/mol. The summed E-state index contributed by atoms with van der Waals surface area (Å²) in [6, 6.07) is 15.6. The number of hydrogen-bond donors (Lipinski definition) is 1. The van der Waals surface area contributed by atoms with Gasteiger partial charge in [-0.05, 0) is 73.4 Å². The summed E-state index contributed by atoms with van der Waals surface area (Å²) < 4.78 is 10.9. The second-order valence-corrected chi connectivity index (χ2v) is 6.84. The fourth-order valence-electron chi connectivity index (χ4n) is 3.42. The minimum atomic E-state index is -0.336. The highest BCUT2D eigenvalue weighted by atomic mass is 16.5. The molecule has 0 unspecified atom stereocenters. The zero-order chi connectivity index (χ0) is 19.1. The lowest BCUT2D eigenvalue weighted by Crippen LogP contribution is -2.00. The van der Waals surface area contributed by atoms with Crippen LogP contribution in [0.1, 0.15) is 27.0 Å². The first kappa shape index (κ1) is 17.2. The van der Waals surface area contributed by atoms with Crippen molar-refractivity contribution in [3.05, 3.63) is 70.8 Å². The molecule has 0 bridgehead atoms. The molecule has 0 amide bonds. The maximum atomic E-state index is 11.6. The molecule has 0 saturated heterocycles. The SMILES string of the molecule is COC(=O)c1ccc(-c2ccc(-c3cc4c(C)c(C)cc(C)c4o3)[nH]2)cc1. The molecule has 1 N–H and O–H groups in total. The number of aromatic nitrogens is 1. The number of furan rings is 1. The van der Waals surface area contributed by atoms with Gasteiger partial charge in [-0.2, -0.15) is 0 Å². The quantitative estimate of drug-likeness (QED) is 0.470. The normalized spacial score (nSPS) is 11.1. The molecule has 136 valence electrons. The van der Waals surface area contributed by atoms with E-state index in [0.29, 0.717) is 5.56 Å². The molecule has 4 heteroatoms. The van der Waals surface area contributed by atoms with E-state index in [0.717, 1.165) is 39.2 Å². The van der Waals surface area contributed by atoms with Crippen molar-refractivity contribution < 1.29 is 13.9 Å². The van der Waals surface area contributed by atoms with E-state index in [-0.39, 0.29) is 5.97 Å². The highest BCUT2D eigenvalue weighted by Gasteiger charge is 2.14. The second kappa shape index (κ2) is 6.47. The van der Waals surface area contributed by atoms with E-state index in [1.807, 2.05) is 24.3 Å². The lowest BCUT2D eigenvalue weighted by molar-refractivity contribution is 0.0601. The number of carbonyl (C=O) groups excluding carboxylic acids is 1. The van der Waals surface area contributed by atoms with Gasteiger partial charge in [0.05, 0.1) is 18.4 Å². The summed E-state index contributed by atoms with van der Waals surface area (Å²) >= 11 is 0. The van der Waals surface area contributed by atoms with Crippen molar-refractivity contribution in [2.45, 2.75) is 20.8 Å². The van der Waals surface area contributed by atoms with E-state index in [4.69, 9.17) is 9.15 Å². The minimum Gasteiger partial charge on any atom is -0.465 e. The zero-order valence-corrected chi connectivity index (χ0v) is 15.8. The number of fused-ring (bicyclic) bond motifs is 1. The Labute approximate surface area is 157 Å². The molecule has 0 aliphatic carbocycles. The number of methoxy groups -OCH3 is 1. The van der Waals surface area contributed by atoms with Crippen molar-refractivity contribution in [1.82, 2.24) is 4.98 Å². The number of hydrogen-bond acceptors (Lipinski definition) is 3. The number of aromatic amines is 1. The van der Waals surface area contributed by atoms with Crippen LogP contribution in [-0.4, -0.2) is 18.1 Å². The third kappa shape index (κ3) is 2.93. The first-order valence-electron chi connectivity index (χ1n) is 8.86. The number of ether oxygens (including phenoxy) is 1. The summed E-state index contributed by atoms with van der Waals surface area (Å²) in [6.45, 7) is 6.32. The van der Waals surface area contributed by atoms with Crippen LogP contribution in [0, 0.1) is 20.8 Å². The van der Waals surface area contributed by atoms with Crippen LogP contribution in [0.5, 0.6) is 0 Å². The first-order chi connectivity index (χ1) is 13.0. The summed E-state index contributed by atoms with van der Waals surface area (Å²) in [6.07, 6.45) is 0. The predicted molar refractivity (Wildman–Crippen MR) is 107 cm³/mol. The maximum absolute atomic E-state index is 11.6. The smallest absolute Gasteiger partial charge is 0.337 e. The molecule has 0 fully saturated rings. The minimum absolute atomic E-state index is 0.336. The van der Waals surface area contributed by atoms with E-state index in [1.54, 1.807) is 12.1 Å². The first-order valence-corrected chi connectivity index (χ1v) is 8.86. The van der Waals surface area contributed by atoms with E-state index in [2.05, 4.69) is 37.9 Å². The molecule has 0 atom stereocenters. The van der Waals surface area contributed by atoms with Gasteiger partial charge in [-0.25, -0.2) is 4.79 Å². The molecule has 0 spiro atoms. The molecule has 0 aliphatic heterocycles. The van der Waals surface area contributed by atoms with Crippen LogP contribution in [0.25, 0.3) is 33.7 Å².